The van der Waals surface area contributed by atoms with Crippen LogP contribution in [0.1, 0.15) is 11.1 Å². The largest absolute Gasteiger partial charge is 0.294 e. The first-order valence-electron chi connectivity index (χ1n) is 6.60. The minimum Gasteiger partial charge on any atom is -0.294 e. The van der Waals surface area contributed by atoms with Gasteiger partial charge in [0.2, 0.25) is 0 Å². The second kappa shape index (κ2) is 8.12. The Morgan fingerprint density at radius 1 is 0.857 bits per heavy atom. The maximum Gasteiger partial charge on any atom is 0.168 e. The minimum absolute atomic E-state index is 0.00661. The summed E-state index contributed by atoms with van der Waals surface area (Å²) in [6.45, 7) is 0. The Bertz CT molecular complexity index is 599. The summed E-state index contributed by atoms with van der Waals surface area (Å²) in [6, 6.07) is 19.2. The fourth-order valence-electron chi connectivity index (χ4n) is 1.71. The van der Waals surface area contributed by atoms with E-state index >= 15 is 0 Å². The van der Waals surface area contributed by atoms with Crippen molar-refractivity contribution < 1.29 is 9.00 Å². The summed E-state index contributed by atoms with van der Waals surface area (Å²) in [6.07, 6.45) is 4.98. The molecule has 0 radical (unpaired) electrons. The lowest BCUT2D eigenvalue weighted by Gasteiger charge is -1.94. The second-order valence-corrected chi connectivity index (χ2v) is 5.77. The molecule has 0 saturated carbocycles. The zero-order chi connectivity index (χ0) is 14.9. The summed E-state index contributed by atoms with van der Waals surface area (Å²) in [5, 5.41) is 1.56. The fraction of sp³-hybridized carbons (Fsp3) is 0.0556. The van der Waals surface area contributed by atoms with Crippen molar-refractivity contribution >= 4 is 28.7 Å². The molecule has 0 bridgehead atoms. The summed E-state index contributed by atoms with van der Waals surface area (Å²) < 4.78 is 11.8. The molecule has 1 atom stereocenters. The van der Waals surface area contributed by atoms with E-state index in [1.165, 1.54) is 6.08 Å². The number of hydrogen-bond acceptors (Lipinski definition) is 2. The maximum absolute atomic E-state index is 11.8. The van der Waals surface area contributed by atoms with Crippen LogP contribution in [0, 0.1) is 0 Å². The van der Waals surface area contributed by atoms with Crippen LogP contribution in [0.15, 0.2) is 72.1 Å². The average Bonchev–Trinajstić information content (AvgIpc) is 2.53. The smallest absolute Gasteiger partial charge is 0.168 e. The molecule has 0 aliphatic carbocycles. The van der Waals surface area contributed by atoms with Crippen LogP contribution in [0.2, 0.25) is 0 Å². The van der Waals surface area contributed by atoms with Crippen molar-refractivity contribution in [1.82, 2.24) is 0 Å². The summed E-state index contributed by atoms with van der Waals surface area (Å²) >= 11 is 0. The van der Waals surface area contributed by atoms with E-state index in [4.69, 9.17) is 0 Å². The standard InChI is InChI=1S/C18H16O2S/c19-18(12-11-16-7-3-1-4-8-16)15-21(20)14-13-17-9-5-2-6-10-17/h1-14H,15H2/b12-11+,14-13?. The average molecular weight is 296 g/mol. The van der Waals surface area contributed by atoms with Crippen LogP contribution in [0.4, 0.5) is 0 Å². The van der Waals surface area contributed by atoms with E-state index in [9.17, 15) is 9.00 Å². The predicted octanol–water partition coefficient (Wildman–Crippen LogP) is 3.69. The van der Waals surface area contributed by atoms with Gasteiger partial charge < -0.3 is 0 Å². The molecular formula is C18H16O2S. The topological polar surface area (TPSA) is 34.1 Å². The molecule has 2 aromatic rings. The van der Waals surface area contributed by atoms with E-state index in [1.807, 2.05) is 60.7 Å². The van der Waals surface area contributed by atoms with Gasteiger partial charge in [-0.2, -0.15) is 0 Å². The van der Waals surface area contributed by atoms with Gasteiger partial charge in [0, 0.05) is 5.41 Å². The number of benzene rings is 2. The maximum atomic E-state index is 11.8. The number of hydrogen-bond donors (Lipinski definition) is 0. The Morgan fingerprint density at radius 3 is 1.95 bits per heavy atom. The molecule has 21 heavy (non-hydrogen) atoms. The van der Waals surface area contributed by atoms with Gasteiger partial charge in [-0.3, -0.25) is 9.00 Å². The monoisotopic (exact) mass is 296 g/mol. The van der Waals surface area contributed by atoms with Gasteiger partial charge in [-0.1, -0.05) is 66.7 Å². The highest BCUT2D eigenvalue weighted by molar-refractivity contribution is 7.88. The van der Waals surface area contributed by atoms with Crippen molar-refractivity contribution in [2.75, 3.05) is 5.75 Å². The molecule has 0 aromatic heterocycles. The highest BCUT2D eigenvalue weighted by Crippen LogP contribution is 2.03. The molecule has 0 aliphatic heterocycles. The van der Waals surface area contributed by atoms with Crippen LogP contribution in [0.5, 0.6) is 0 Å². The molecule has 0 saturated heterocycles. The summed E-state index contributed by atoms with van der Waals surface area (Å²) in [4.78, 5) is 11.7. The highest BCUT2D eigenvalue weighted by atomic mass is 32.2. The Morgan fingerprint density at radius 2 is 1.38 bits per heavy atom. The Labute approximate surface area is 127 Å². The van der Waals surface area contributed by atoms with Crippen molar-refractivity contribution in [2.45, 2.75) is 0 Å². The molecule has 2 aromatic carbocycles. The molecule has 2 rings (SSSR count). The normalized spacial score (nSPS) is 12.8. The van der Waals surface area contributed by atoms with Gasteiger partial charge in [0.1, 0.15) is 0 Å². The van der Waals surface area contributed by atoms with Crippen LogP contribution in [-0.2, 0) is 15.6 Å². The van der Waals surface area contributed by atoms with Crippen molar-refractivity contribution in [3.05, 3.63) is 83.3 Å². The third-order valence-electron chi connectivity index (χ3n) is 2.76. The first-order valence-corrected chi connectivity index (χ1v) is 7.98. The molecule has 106 valence electrons. The van der Waals surface area contributed by atoms with Gasteiger partial charge in [0.25, 0.3) is 0 Å². The van der Waals surface area contributed by atoms with Gasteiger partial charge in [-0.25, -0.2) is 0 Å². The first-order chi connectivity index (χ1) is 10.2. The van der Waals surface area contributed by atoms with Crippen LogP contribution in [0.25, 0.3) is 12.2 Å². The molecule has 0 amide bonds. The van der Waals surface area contributed by atoms with Crippen LogP contribution in [-0.4, -0.2) is 15.7 Å². The number of carbonyl (C=O) groups is 1. The molecule has 1 unspecified atom stereocenters. The molecule has 0 N–H and O–H groups in total. The van der Waals surface area contributed by atoms with Crippen molar-refractivity contribution in [3.8, 4) is 0 Å². The quantitative estimate of drug-likeness (QED) is 0.762. The third-order valence-corrected chi connectivity index (χ3v) is 3.77. The fourth-order valence-corrected chi connectivity index (χ4v) is 2.49. The van der Waals surface area contributed by atoms with Gasteiger partial charge in [-0.15, -0.1) is 0 Å². The van der Waals surface area contributed by atoms with E-state index < -0.39 is 10.8 Å². The van der Waals surface area contributed by atoms with Crippen molar-refractivity contribution in [1.29, 1.82) is 0 Å². The van der Waals surface area contributed by atoms with E-state index in [0.29, 0.717) is 0 Å². The molecule has 0 aliphatic rings. The number of carbonyl (C=O) groups excluding carboxylic acids is 1. The zero-order valence-electron chi connectivity index (χ0n) is 11.5. The number of ketones is 1. The molecule has 3 heteroatoms. The predicted molar refractivity (Wildman–Crippen MR) is 89.0 cm³/mol. The van der Waals surface area contributed by atoms with Crippen LogP contribution < -0.4 is 0 Å². The molecular weight excluding hydrogens is 280 g/mol. The summed E-state index contributed by atoms with van der Waals surface area (Å²) in [5.41, 5.74) is 1.93. The lowest BCUT2D eigenvalue weighted by molar-refractivity contribution is -0.112. The number of rotatable bonds is 6. The van der Waals surface area contributed by atoms with Crippen molar-refractivity contribution in [3.63, 3.8) is 0 Å². The third kappa shape index (κ3) is 5.71. The molecule has 0 spiro atoms. The molecule has 0 heterocycles. The SMILES string of the molecule is O=C(/C=C/c1ccccc1)CS(=O)C=Cc1ccccc1. The van der Waals surface area contributed by atoms with Crippen LogP contribution in [0.3, 0.4) is 0 Å². The lowest BCUT2D eigenvalue weighted by Crippen LogP contribution is -2.05. The van der Waals surface area contributed by atoms with Crippen LogP contribution >= 0.6 is 0 Å². The summed E-state index contributed by atoms with van der Waals surface area (Å²) in [7, 11) is -1.29. The van der Waals surface area contributed by atoms with Gasteiger partial charge in [0.15, 0.2) is 5.78 Å². The summed E-state index contributed by atoms with van der Waals surface area (Å²) in [5.74, 6) is -0.137. The van der Waals surface area contributed by atoms with E-state index in [-0.39, 0.29) is 11.5 Å². The second-order valence-electron chi connectivity index (χ2n) is 4.45. The first kappa shape index (κ1) is 15.1. The Hall–Kier alpha value is -2.26. The Kier molecular flexibility index (Phi) is 5.85. The minimum atomic E-state index is -1.29. The van der Waals surface area contributed by atoms with Gasteiger partial charge in [-0.05, 0) is 23.3 Å². The van der Waals surface area contributed by atoms with Gasteiger partial charge >= 0.3 is 0 Å². The highest BCUT2D eigenvalue weighted by Gasteiger charge is 2.01. The van der Waals surface area contributed by atoms with Gasteiger partial charge in [0.05, 0.1) is 16.6 Å². The number of allylic oxidation sites excluding steroid dienone is 1. The van der Waals surface area contributed by atoms with Crippen molar-refractivity contribution in [2.24, 2.45) is 0 Å². The lowest BCUT2D eigenvalue weighted by atomic mass is 10.2. The van der Waals surface area contributed by atoms with E-state index in [0.717, 1.165) is 11.1 Å². The van der Waals surface area contributed by atoms with E-state index in [2.05, 4.69) is 0 Å². The zero-order valence-corrected chi connectivity index (χ0v) is 12.3. The van der Waals surface area contributed by atoms with E-state index in [1.54, 1.807) is 17.6 Å². The Balaban J connectivity index is 1.87. The molecule has 0 fully saturated rings. The molecule has 2 nitrogen and oxygen atoms in total.